The molecule has 0 spiro atoms. The highest BCUT2D eigenvalue weighted by atomic mass is 35.5. The van der Waals surface area contributed by atoms with E-state index >= 15 is 0 Å². The number of aryl methyl sites for hydroxylation is 1. The molecule has 1 atom stereocenters. The van der Waals surface area contributed by atoms with E-state index in [0.29, 0.717) is 53.2 Å². The number of nitrogens with zero attached hydrogens (tertiary/aromatic N) is 1. The van der Waals surface area contributed by atoms with Crippen LogP contribution in [-0.4, -0.2) is 44.5 Å². The lowest BCUT2D eigenvalue weighted by Crippen LogP contribution is -2.46. The lowest BCUT2D eigenvalue weighted by molar-refractivity contribution is -0.125. The third-order valence-corrected chi connectivity index (χ3v) is 11.0. The fourth-order valence-electron chi connectivity index (χ4n) is 5.38. The quantitative estimate of drug-likeness (QED) is 0.187. The molecule has 12 heteroatoms. The minimum atomic E-state index is -3.81. The Morgan fingerprint density at radius 2 is 1.75 bits per heavy atom. The molecule has 1 aliphatic rings. The van der Waals surface area contributed by atoms with Crippen LogP contribution in [0.4, 0.5) is 5.69 Å². The zero-order valence-corrected chi connectivity index (χ0v) is 26.3. The van der Waals surface area contributed by atoms with Crippen LogP contribution in [-0.2, 0) is 20.6 Å². The van der Waals surface area contributed by atoms with Crippen LogP contribution in [0.25, 0.3) is 10.4 Å². The van der Waals surface area contributed by atoms with Gasteiger partial charge in [0.15, 0.2) is 10.6 Å². The normalized spacial score (nSPS) is 14.6. The first kappa shape index (κ1) is 31.5. The fraction of sp³-hybridized carbons (Fsp3) is 0.250. The van der Waals surface area contributed by atoms with E-state index in [-0.39, 0.29) is 27.4 Å². The van der Waals surface area contributed by atoms with E-state index in [1.807, 2.05) is 6.07 Å². The van der Waals surface area contributed by atoms with Gasteiger partial charge >= 0.3 is 5.97 Å². The summed E-state index contributed by atoms with van der Waals surface area (Å²) in [6.07, 6.45) is -0.0156. The number of carboxylic acid groups (broad SMARTS) is 1. The van der Waals surface area contributed by atoms with Crippen LogP contribution in [0.5, 0.6) is 5.75 Å². The number of hydrogen-bond acceptors (Lipinski definition) is 7. The molecule has 0 radical (unpaired) electrons. The molecule has 0 bridgehead atoms. The molecule has 9 nitrogen and oxygen atoms in total. The van der Waals surface area contributed by atoms with E-state index in [9.17, 15) is 23.1 Å². The Morgan fingerprint density at radius 3 is 2.41 bits per heavy atom. The maximum Gasteiger partial charge on any atom is 0.349 e. The van der Waals surface area contributed by atoms with Gasteiger partial charge in [0.2, 0.25) is 16.1 Å². The van der Waals surface area contributed by atoms with Gasteiger partial charge in [0.1, 0.15) is 5.02 Å². The number of aromatic carboxylic acids is 1. The molecule has 3 aromatic carbocycles. The molecule has 44 heavy (non-hydrogen) atoms. The lowest BCUT2D eigenvalue weighted by atomic mass is 10.0. The van der Waals surface area contributed by atoms with E-state index in [1.54, 1.807) is 79.7 Å². The molecule has 0 aliphatic carbocycles. The Hall–Kier alpha value is -3.90. The van der Waals surface area contributed by atoms with Gasteiger partial charge in [-0.05, 0) is 61.7 Å². The number of carbonyl (C=O) groups excluding carboxylic acids is 1. The predicted octanol–water partition coefficient (Wildman–Crippen LogP) is 5.77. The van der Waals surface area contributed by atoms with Gasteiger partial charge in [0.25, 0.3) is 5.91 Å². The van der Waals surface area contributed by atoms with Crippen molar-refractivity contribution in [2.45, 2.75) is 37.7 Å². The number of carboxylic acids is 1. The van der Waals surface area contributed by atoms with Crippen LogP contribution in [0.2, 0.25) is 5.02 Å². The molecular formula is C32H32ClN3O6S2. The molecular weight excluding hydrogens is 622 g/mol. The van der Waals surface area contributed by atoms with E-state index in [0.717, 1.165) is 16.9 Å². The first-order chi connectivity index (χ1) is 21.1. The molecule has 230 valence electrons. The third-order valence-electron chi connectivity index (χ3n) is 7.46. The number of halogens is 1. The molecule has 4 aromatic rings. The molecule has 1 aliphatic heterocycles. The molecule has 1 unspecified atom stereocenters. The Kier molecular flexibility index (Phi) is 9.59. The second kappa shape index (κ2) is 13.4. The van der Waals surface area contributed by atoms with Gasteiger partial charge in [-0.25, -0.2) is 13.2 Å². The highest BCUT2D eigenvalue weighted by Crippen LogP contribution is 2.47. The van der Waals surface area contributed by atoms with Crippen LogP contribution < -0.4 is 20.1 Å². The van der Waals surface area contributed by atoms with Crippen molar-refractivity contribution in [3.8, 4) is 16.2 Å². The summed E-state index contributed by atoms with van der Waals surface area (Å²) in [5, 5.41) is 13.3. The number of nitrogens with one attached hydrogen (secondary N) is 1. The molecule has 1 aromatic heterocycles. The van der Waals surface area contributed by atoms with Crippen molar-refractivity contribution in [2.75, 3.05) is 17.4 Å². The number of amides is 1. The molecule has 2 heterocycles. The van der Waals surface area contributed by atoms with Crippen molar-refractivity contribution in [1.29, 1.82) is 0 Å². The van der Waals surface area contributed by atoms with Crippen molar-refractivity contribution in [3.05, 3.63) is 105 Å². The number of sulfonamides is 1. The smallest absolute Gasteiger partial charge is 0.349 e. The number of thiophene rings is 1. The minimum absolute atomic E-state index is 0.00931. The van der Waals surface area contributed by atoms with Gasteiger partial charge in [0.05, 0.1) is 16.3 Å². The Morgan fingerprint density at radius 1 is 1.07 bits per heavy atom. The van der Waals surface area contributed by atoms with E-state index < -0.39 is 28.0 Å². The van der Waals surface area contributed by atoms with E-state index in [2.05, 4.69) is 5.32 Å². The standard InChI is InChI=1S/C32H32ClN3O6S2/c1-20-8-5-6-13-25(20)27(31(34)37)42-28-26(33)29(43-30(28)32(38)39)22-11-7-12-24(18-22)36(23-14-16-35-17-15-23)44(40,41)19-21-9-3-2-4-10-21/h2-13,18,23,27,35H,14-17,19H2,1H3,(H2,34,37)(H,38,39). The number of primary amides is 1. The molecule has 1 saturated heterocycles. The first-order valence-corrected chi connectivity index (χ1v) is 16.8. The molecule has 5 rings (SSSR count). The molecule has 1 fully saturated rings. The highest BCUT2D eigenvalue weighted by Gasteiger charge is 2.33. The molecule has 4 N–H and O–H groups in total. The van der Waals surface area contributed by atoms with Crippen LogP contribution in [0.15, 0.2) is 78.9 Å². The SMILES string of the molecule is Cc1ccccc1C(Oc1c(C(=O)O)sc(-c2cccc(N(C3CCNCC3)S(=O)(=O)Cc3ccccc3)c2)c1Cl)C(N)=O. The average molecular weight is 654 g/mol. The van der Waals surface area contributed by atoms with Crippen molar-refractivity contribution < 1.29 is 27.9 Å². The van der Waals surface area contributed by atoms with Gasteiger partial charge in [-0.2, -0.15) is 0 Å². The summed E-state index contributed by atoms with van der Waals surface area (Å²) in [5.41, 5.74) is 8.54. The van der Waals surface area contributed by atoms with Crippen LogP contribution in [0, 0.1) is 6.92 Å². The zero-order valence-electron chi connectivity index (χ0n) is 23.9. The maximum absolute atomic E-state index is 14.0. The summed E-state index contributed by atoms with van der Waals surface area (Å²) in [6.45, 7) is 3.16. The predicted molar refractivity (Wildman–Crippen MR) is 173 cm³/mol. The number of piperidine rings is 1. The van der Waals surface area contributed by atoms with Gasteiger partial charge in [0, 0.05) is 11.6 Å². The minimum Gasteiger partial charge on any atom is -0.477 e. The largest absolute Gasteiger partial charge is 0.477 e. The van der Waals surface area contributed by atoms with Crippen molar-refractivity contribution >= 4 is 50.5 Å². The lowest BCUT2D eigenvalue weighted by Gasteiger charge is -2.35. The number of ether oxygens (including phenoxy) is 1. The average Bonchev–Trinajstić information content (AvgIpc) is 3.33. The first-order valence-electron chi connectivity index (χ1n) is 14.0. The Balaban J connectivity index is 1.56. The van der Waals surface area contributed by atoms with Crippen molar-refractivity contribution in [3.63, 3.8) is 0 Å². The Labute approximate surface area is 265 Å². The number of nitrogens with two attached hydrogens (primary N) is 1. The summed E-state index contributed by atoms with van der Waals surface area (Å²) in [5.74, 6) is -2.44. The summed E-state index contributed by atoms with van der Waals surface area (Å²) in [6, 6.07) is 22.6. The third kappa shape index (κ3) is 6.76. The second-order valence-corrected chi connectivity index (χ2v) is 13.8. The number of benzene rings is 3. The Bertz CT molecular complexity index is 1770. The maximum atomic E-state index is 14.0. The van der Waals surface area contributed by atoms with Crippen LogP contribution in [0.3, 0.4) is 0 Å². The molecule has 0 saturated carbocycles. The summed E-state index contributed by atoms with van der Waals surface area (Å²) >= 11 is 7.67. The van der Waals surface area contributed by atoms with Crippen molar-refractivity contribution in [1.82, 2.24) is 5.32 Å². The van der Waals surface area contributed by atoms with Gasteiger partial charge in [-0.15, -0.1) is 11.3 Å². The monoisotopic (exact) mass is 653 g/mol. The van der Waals surface area contributed by atoms with Crippen LogP contribution in [0.1, 0.15) is 45.3 Å². The number of hydrogen-bond donors (Lipinski definition) is 3. The number of anilines is 1. The zero-order chi connectivity index (χ0) is 31.4. The fourth-order valence-corrected chi connectivity index (χ4v) is 8.61. The van der Waals surface area contributed by atoms with E-state index in [1.165, 1.54) is 4.31 Å². The van der Waals surface area contributed by atoms with Gasteiger partial charge in [-0.1, -0.05) is 78.3 Å². The summed E-state index contributed by atoms with van der Waals surface area (Å²) < 4.78 is 35.4. The highest BCUT2D eigenvalue weighted by molar-refractivity contribution is 7.92. The second-order valence-electron chi connectivity index (χ2n) is 10.5. The number of carbonyl (C=O) groups is 2. The van der Waals surface area contributed by atoms with Crippen molar-refractivity contribution in [2.24, 2.45) is 5.73 Å². The topological polar surface area (TPSA) is 139 Å². The van der Waals surface area contributed by atoms with Crippen LogP contribution >= 0.6 is 22.9 Å². The number of rotatable bonds is 11. The van der Waals surface area contributed by atoms with E-state index in [4.69, 9.17) is 22.1 Å². The van der Waals surface area contributed by atoms with Gasteiger partial charge < -0.3 is 20.9 Å². The molecule has 1 amide bonds. The van der Waals surface area contributed by atoms with Gasteiger partial charge in [-0.3, -0.25) is 9.10 Å². The summed E-state index contributed by atoms with van der Waals surface area (Å²) in [7, 11) is -3.81. The summed E-state index contributed by atoms with van der Waals surface area (Å²) in [4.78, 5) is 24.9.